The maximum atomic E-state index is 5.74. The monoisotopic (exact) mass is 264 g/mol. The molecule has 0 aliphatic carbocycles. The zero-order valence-electron chi connectivity index (χ0n) is 11.6. The molecule has 0 saturated heterocycles. The van der Waals surface area contributed by atoms with Gasteiger partial charge in [0.15, 0.2) is 0 Å². The molecule has 3 heteroatoms. The molecule has 0 bridgehead atoms. The van der Waals surface area contributed by atoms with E-state index < -0.39 is 0 Å². The van der Waals surface area contributed by atoms with E-state index in [2.05, 4.69) is 35.5 Å². The van der Waals surface area contributed by atoms with E-state index >= 15 is 0 Å². The van der Waals surface area contributed by atoms with Gasteiger partial charge in [-0.3, -0.25) is 0 Å². The topological polar surface area (TPSA) is 27.1 Å². The standard InChI is InChI=1S/C17H16N2O/c1-13-8-9-14(2)19(13)17-11-10-16(12-18-17)20-15-6-4-3-5-7-15/h3-12H,1-2H3. The summed E-state index contributed by atoms with van der Waals surface area (Å²) in [6.07, 6.45) is 1.75. The number of rotatable bonds is 3. The molecule has 0 amide bonds. The molecule has 0 saturated carbocycles. The third-order valence-corrected chi connectivity index (χ3v) is 3.20. The second-order valence-corrected chi connectivity index (χ2v) is 4.72. The molecular weight excluding hydrogens is 248 g/mol. The van der Waals surface area contributed by atoms with Crippen LogP contribution in [0.15, 0.2) is 60.8 Å². The predicted molar refractivity (Wildman–Crippen MR) is 79.6 cm³/mol. The highest BCUT2D eigenvalue weighted by Gasteiger charge is 2.05. The molecule has 3 aromatic rings. The van der Waals surface area contributed by atoms with Gasteiger partial charge in [-0.1, -0.05) is 18.2 Å². The van der Waals surface area contributed by atoms with Gasteiger partial charge < -0.3 is 9.30 Å². The zero-order chi connectivity index (χ0) is 13.9. The number of ether oxygens (including phenoxy) is 1. The second-order valence-electron chi connectivity index (χ2n) is 4.72. The number of para-hydroxylation sites is 1. The van der Waals surface area contributed by atoms with Crippen LogP contribution in [0.2, 0.25) is 0 Å². The predicted octanol–water partition coefficient (Wildman–Crippen LogP) is 4.28. The van der Waals surface area contributed by atoms with Gasteiger partial charge in [-0.25, -0.2) is 4.98 Å². The molecule has 0 unspecified atom stereocenters. The van der Waals surface area contributed by atoms with Crippen molar-refractivity contribution >= 4 is 0 Å². The minimum absolute atomic E-state index is 0.738. The lowest BCUT2D eigenvalue weighted by Gasteiger charge is -2.09. The summed E-state index contributed by atoms with van der Waals surface area (Å²) in [7, 11) is 0. The number of hydrogen-bond acceptors (Lipinski definition) is 2. The fourth-order valence-corrected chi connectivity index (χ4v) is 2.22. The Balaban J connectivity index is 1.85. The highest BCUT2D eigenvalue weighted by molar-refractivity contribution is 5.36. The van der Waals surface area contributed by atoms with Gasteiger partial charge in [0.05, 0.1) is 6.20 Å². The van der Waals surface area contributed by atoms with Crippen LogP contribution >= 0.6 is 0 Å². The largest absolute Gasteiger partial charge is 0.456 e. The molecule has 0 spiro atoms. The molecule has 100 valence electrons. The molecular formula is C17H16N2O. The molecule has 0 aliphatic rings. The summed E-state index contributed by atoms with van der Waals surface area (Å²) in [5, 5.41) is 0. The lowest BCUT2D eigenvalue weighted by molar-refractivity contribution is 0.480. The number of nitrogens with zero attached hydrogens (tertiary/aromatic N) is 2. The maximum Gasteiger partial charge on any atom is 0.145 e. The molecule has 0 atom stereocenters. The fourth-order valence-electron chi connectivity index (χ4n) is 2.22. The lowest BCUT2D eigenvalue weighted by Crippen LogP contribution is -2.01. The van der Waals surface area contributed by atoms with Crippen molar-refractivity contribution in [1.82, 2.24) is 9.55 Å². The molecule has 3 rings (SSSR count). The van der Waals surface area contributed by atoms with Crippen LogP contribution in [0.5, 0.6) is 11.5 Å². The van der Waals surface area contributed by atoms with E-state index in [-0.39, 0.29) is 0 Å². The summed E-state index contributed by atoms with van der Waals surface area (Å²) in [5.41, 5.74) is 2.35. The van der Waals surface area contributed by atoms with E-state index in [0.717, 1.165) is 17.3 Å². The summed E-state index contributed by atoms with van der Waals surface area (Å²) in [6, 6.07) is 17.8. The third-order valence-electron chi connectivity index (χ3n) is 3.20. The first-order chi connectivity index (χ1) is 9.74. The smallest absolute Gasteiger partial charge is 0.145 e. The third kappa shape index (κ3) is 2.43. The highest BCUT2D eigenvalue weighted by Crippen LogP contribution is 2.22. The fraction of sp³-hybridized carbons (Fsp3) is 0.118. The number of pyridine rings is 1. The van der Waals surface area contributed by atoms with E-state index in [9.17, 15) is 0 Å². The number of hydrogen-bond donors (Lipinski definition) is 0. The Morgan fingerprint density at radius 3 is 2.10 bits per heavy atom. The Bertz CT molecular complexity index is 680. The van der Waals surface area contributed by atoms with Crippen LogP contribution in [0.4, 0.5) is 0 Å². The number of aromatic nitrogens is 2. The number of aryl methyl sites for hydroxylation is 2. The highest BCUT2D eigenvalue weighted by atomic mass is 16.5. The van der Waals surface area contributed by atoms with Crippen molar-refractivity contribution in [2.75, 3.05) is 0 Å². The Hall–Kier alpha value is -2.55. The SMILES string of the molecule is Cc1ccc(C)n1-c1ccc(Oc2ccccc2)cn1. The average Bonchev–Trinajstić information content (AvgIpc) is 2.81. The van der Waals surface area contributed by atoms with Crippen LogP contribution < -0.4 is 4.74 Å². The summed E-state index contributed by atoms with van der Waals surface area (Å²) >= 11 is 0. The van der Waals surface area contributed by atoms with E-state index in [1.165, 1.54) is 11.4 Å². The quantitative estimate of drug-likeness (QED) is 0.706. The lowest BCUT2D eigenvalue weighted by atomic mass is 10.3. The Kier molecular flexibility index (Phi) is 3.25. The van der Waals surface area contributed by atoms with Gasteiger partial charge in [0, 0.05) is 11.4 Å². The van der Waals surface area contributed by atoms with Crippen molar-refractivity contribution < 1.29 is 4.74 Å². The number of benzene rings is 1. The van der Waals surface area contributed by atoms with Crippen LogP contribution in [0, 0.1) is 13.8 Å². The second kappa shape index (κ2) is 5.21. The van der Waals surface area contributed by atoms with Gasteiger partial charge >= 0.3 is 0 Å². The van der Waals surface area contributed by atoms with Crippen LogP contribution in [0.25, 0.3) is 5.82 Å². The van der Waals surface area contributed by atoms with Gasteiger partial charge in [0.1, 0.15) is 17.3 Å². The van der Waals surface area contributed by atoms with Crippen LogP contribution in [0.3, 0.4) is 0 Å². The van der Waals surface area contributed by atoms with E-state index in [1.807, 2.05) is 42.5 Å². The first-order valence-corrected chi connectivity index (χ1v) is 6.58. The van der Waals surface area contributed by atoms with Gasteiger partial charge in [0.2, 0.25) is 0 Å². The summed E-state index contributed by atoms with van der Waals surface area (Å²) in [6.45, 7) is 4.14. The molecule has 0 N–H and O–H groups in total. The van der Waals surface area contributed by atoms with E-state index in [0.29, 0.717) is 0 Å². The van der Waals surface area contributed by atoms with Crippen molar-refractivity contribution in [3.63, 3.8) is 0 Å². The van der Waals surface area contributed by atoms with E-state index in [4.69, 9.17) is 4.74 Å². The minimum Gasteiger partial charge on any atom is -0.456 e. The van der Waals surface area contributed by atoms with E-state index in [1.54, 1.807) is 6.20 Å². The normalized spacial score (nSPS) is 10.5. The maximum absolute atomic E-state index is 5.74. The first-order valence-electron chi connectivity index (χ1n) is 6.58. The summed E-state index contributed by atoms with van der Waals surface area (Å²) in [5.74, 6) is 2.46. The van der Waals surface area contributed by atoms with Crippen molar-refractivity contribution in [3.05, 3.63) is 72.2 Å². The Labute approximate surface area is 118 Å². The van der Waals surface area contributed by atoms with Crippen LogP contribution in [-0.2, 0) is 0 Å². The molecule has 3 nitrogen and oxygen atoms in total. The molecule has 0 radical (unpaired) electrons. The average molecular weight is 264 g/mol. The first kappa shape index (κ1) is 12.5. The van der Waals surface area contributed by atoms with Gasteiger partial charge in [-0.2, -0.15) is 0 Å². The van der Waals surface area contributed by atoms with Crippen molar-refractivity contribution in [2.45, 2.75) is 13.8 Å². The van der Waals surface area contributed by atoms with Gasteiger partial charge in [-0.05, 0) is 50.2 Å². The van der Waals surface area contributed by atoms with Crippen molar-refractivity contribution in [3.8, 4) is 17.3 Å². The minimum atomic E-state index is 0.738. The zero-order valence-corrected chi connectivity index (χ0v) is 11.6. The molecule has 0 aliphatic heterocycles. The molecule has 2 heterocycles. The van der Waals surface area contributed by atoms with Gasteiger partial charge in [-0.15, -0.1) is 0 Å². The van der Waals surface area contributed by atoms with Crippen LogP contribution in [-0.4, -0.2) is 9.55 Å². The molecule has 0 fully saturated rings. The van der Waals surface area contributed by atoms with Gasteiger partial charge in [0.25, 0.3) is 0 Å². The molecule has 1 aromatic carbocycles. The molecule has 20 heavy (non-hydrogen) atoms. The van der Waals surface area contributed by atoms with Crippen molar-refractivity contribution in [1.29, 1.82) is 0 Å². The summed E-state index contributed by atoms with van der Waals surface area (Å²) in [4.78, 5) is 4.48. The molecule has 2 aromatic heterocycles. The van der Waals surface area contributed by atoms with Crippen LogP contribution in [0.1, 0.15) is 11.4 Å². The Morgan fingerprint density at radius 1 is 0.800 bits per heavy atom. The Morgan fingerprint density at radius 2 is 1.50 bits per heavy atom. The van der Waals surface area contributed by atoms with Crippen molar-refractivity contribution in [2.24, 2.45) is 0 Å². The summed E-state index contributed by atoms with van der Waals surface area (Å²) < 4.78 is 7.86.